The zero-order valence-electron chi connectivity index (χ0n) is 9.67. The molecule has 1 saturated carbocycles. The van der Waals surface area contributed by atoms with Crippen LogP contribution < -0.4 is 5.73 Å². The summed E-state index contributed by atoms with van der Waals surface area (Å²) in [6, 6.07) is 0.272. The van der Waals surface area contributed by atoms with Gasteiger partial charge in [-0.15, -0.1) is 0 Å². The molecule has 1 aliphatic rings. The van der Waals surface area contributed by atoms with Crippen molar-refractivity contribution < 1.29 is 4.74 Å². The molecule has 1 rings (SSSR count). The van der Waals surface area contributed by atoms with E-state index in [9.17, 15) is 0 Å². The fourth-order valence-corrected chi connectivity index (χ4v) is 2.21. The molecule has 1 atom stereocenters. The van der Waals surface area contributed by atoms with E-state index in [1.807, 2.05) is 0 Å². The van der Waals surface area contributed by atoms with Crippen LogP contribution in [0.15, 0.2) is 0 Å². The molecule has 0 heterocycles. The maximum atomic E-state index is 6.11. The second kappa shape index (κ2) is 6.41. The Hall–Kier alpha value is -0.0800. The highest BCUT2D eigenvalue weighted by molar-refractivity contribution is 4.78. The van der Waals surface area contributed by atoms with Gasteiger partial charge in [0, 0.05) is 12.6 Å². The summed E-state index contributed by atoms with van der Waals surface area (Å²) in [5.74, 6) is 1.62. The minimum atomic E-state index is 0.272. The standard InChI is InChI=1S/C12H25NO/c1-3-8-14-9-12(13)11-6-4-10(2)5-7-11/h10-12H,3-9,13H2,1-2H3. The van der Waals surface area contributed by atoms with Crippen LogP contribution in [0, 0.1) is 11.8 Å². The van der Waals surface area contributed by atoms with Crippen LogP contribution in [0.1, 0.15) is 46.0 Å². The number of ether oxygens (including phenoxy) is 1. The van der Waals surface area contributed by atoms with Crippen molar-refractivity contribution in [2.75, 3.05) is 13.2 Å². The second-order valence-corrected chi connectivity index (χ2v) is 4.76. The van der Waals surface area contributed by atoms with Crippen molar-refractivity contribution in [2.45, 2.75) is 52.0 Å². The first kappa shape index (κ1) is 12.0. The van der Waals surface area contributed by atoms with Crippen LogP contribution in [0.2, 0.25) is 0 Å². The molecule has 1 aliphatic carbocycles. The minimum absolute atomic E-state index is 0.272. The van der Waals surface area contributed by atoms with E-state index in [0.717, 1.165) is 25.6 Å². The molecule has 84 valence electrons. The smallest absolute Gasteiger partial charge is 0.0620 e. The first-order valence-corrected chi connectivity index (χ1v) is 6.07. The largest absolute Gasteiger partial charge is 0.380 e. The normalized spacial score (nSPS) is 30.2. The van der Waals surface area contributed by atoms with Crippen LogP contribution in [-0.4, -0.2) is 19.3 Å². The summed E-state index contributed by atoms with van der Waals surface area (Å²) < 4.78 is 5.50. The van der Waals surface area contributed by atoms with Crippen LogP contribution in [0.4, 0.5) is 0 Å². The van der Waals surface area contributed by atoms with E-state index in [-0.39, 0.29) is 6.04 Å². The van der Waals surface area contributed by atoms with Crippen molar-refractivity contribution in [1.29, 1.82) is 0 Å². The number of hydrogen-bond donors (Lipinski definition) is 1. The van der Waals surface area contributed by atoms with Crippen LogP contribution in [0.25, 0.3) is 0 Å². The van der Waals surface area contributed by atoms with Crippen LogP contribution in [-0.2, 0) is 4.74 Å². The van der Waals surface area contributed by atoms with E-state index in [2.05, 4.69) is 13.8 Å². The molecule has 0 spiro atoms. The number of rotatable bonds is 5. The van der Waals surface area contributed by atoms with Gasteiger partial charge in [0.2, 0.25) is 0 Å². The minimum Gasteiger partial charge on any atom is -0.380 e. The van der Waals surface area contributed by atoms with Gasteiger partial charge in [-0.2, -0.15) is 0 Å². The molecular weight excluding hydrogens is 174 g/mol. The van der Waals surface area contributed by atoms with Crippen LogP contribution >= 0.6 is 0 Å². The first-order chi connectivity index (χ1) is 6.74. The average molecular weight is 199 g/mol. The van der Waals surface area contributed by atoms with Crippen LogP contribution in [0.3, 0.4) is 0 Å². The lowest BCUT2D eigenvalue weighted by molar-refractivity contribution is 0.0943. The Bertz CT molecular complexity index is 141. The van der Waals surface area contributed by atoms with E-state index in [1.165, 1.54) is 25.7 Å². The Morgan fingerprint density at radius 2 is 1.93 bits per heavy atom. The lowest BCUT2D eigenvalue weighted by Crippen LogP contribution is -2.36. The summed E-state index contributed by atoms with van der Waals surface area (Å²) in [6.07, 6.45) is 6.41. The topological polar surface area (TPSA) is 35.2 Å². The maximum absolute atomic E-state index is 6.11. The van der Waals surface area contributed by atoms with Gasteiger partial charge in [-0.25, -0.2) is 0 Å². The second-order valence-electron chi connectivity index (χ2n) is 4.76. The summed E-state index contributed by atoms with van der Waals surface area (Å²) >= 11 is 0. The Morgan fingerprint density at radius 3 is 2.50 bits per heavy atom. The van der Waals surface area contributed by atoms with E-state index >= 15 is 0 Å². The SMILES string of the molecule is CCCOCC(N)C1CCC(C)CC1. The highest BCUT2D eigenvalue weighted by atomic mass is 16.5. The van der Waals surface area contributed by atoms with Gasteiger partial charge in [-0.05, 0) is 31.1 Å². The van der Waals surface area contributed by atoms with Crippen molar-refractivity contribution in [3.8, 4) is 0 Å². The van der Waals surface area contributed by atoms with Crippen molar-refractivity contribution in [2.24, 2.45) is 17.6 Å². The zero-order chi connectivity index (χ0) is 10.4. The Morgan fingerprint density at radius 1 is 1.29 bits per heavy atom. The highest BCUT2D eigenvalue weighted by Gasteiger charge is 2.23. The van der Waals surface area contributed by atoms with Gasteiger partial charge in [0.15, 0.2) is 0 Å². The molecule has 0 radical (unpaired) electrons. The molecule has 0 saturated heterocycles. The van der Waals surface area contributed by atoms with E-state index in [0.29, 0.717) is 5.92 Å². The monoisotopic (exact) mass is 199 g/mol. The fourth-order valence-electron chi connectivity index (χ4n) is 2.21. The number of nitrogens with two attached hydrogens (primary N) is 1. The van der Waals surface area contributed by atoms with Gasteiger partial charge in [-0.3, -0.25) is 0 Å². The van der Waals surface area contributed by atoms with Crippen molar-refractivity contribution in [3.63, 3.8) is 0 Å². The predicted molar refractivity (Wildman–Crippen MR) is 60.2 cm³/mol. The van der Waals surface area contributed by atoms with Crippen LogP contribution in [0.5, 0.6) is 0 Å². The summed E-state index contributed by atoms with van der Waals surface area (Å²) in [5.41, 5.74) is 6.11. The Balaban J connectivity index is 2.13. The third-order valence-corrected chi connectivity index (χ3v) is 3.32. The van der Waals surface area contributed by atoms with E-state index in [4.69, 9.17) is 10.5 Å². The van der Waals surface area contributed by atoms with Gasteiger partial charge < -0.3 is 10.5 Å². The summed E-state index contributed by atoms with van der Waals surface area (Å²) in [7, 11) is 0. The van der Waals surface area contributed by atoms with Gasteiger partial charge in [0.05, 0.1) is 6.61 Å². The zero-order valence-corrected chi connectivity index (χ0v) is 9.67. The van der Waals surface area contributed by atoms with Gasteiger partial charge in [-0.1, -0.05) is 26.7 Å². The molecule has 0 aromatic rings. The molecule has 1 fully saturated rings. The molecule has 0 amide bonds. The summed E-state index contributed by atoms with van der Waals surface area (Å²) in [4.78, 5) is 0. The van der Waals surface area contributed by atoms with E-state index < -0.39 is 0 Å². The molecule has 0 aliphatic heterocycles. The molecule has 14 heavy (non-hydrogen) atoms. The third-order valence-electron chi connectivity index (χ3n) is 3.32. The number of hydrogen-bond acceptors (Lipinski definition) is 2. The molecule has 1 unspecified atom stereocenters. The molecule has 0 bridgehead atoms. The predicted octanol–water partition coefficient (Wildman–Crippen LogP) is 2.57. The van der Waals surface area contributed by atoms with Gasteiger partial charge in [0.25, 0.3) is 0 Å². The summed E-state index contributed by atoms with van der Waals surface area (Å²) in [5, 5.41) is 0. The molecule has 2 heteroatoms. The summed E-state index contributed by atoms with van der Waals surface area (Å²) in [6.45, 7) is 6.09. The fraction of sp³-hybridized carbons (Fsp3) is 1.00. The molecule has 2 nitrogen and oxygen atoms in total. The lowest BCUT2D eigenvalue weighted by Gasteiger charge is -2.30. The Kier molecular flexibility index (Phi) is 5.49. The molecule has 2 N–H and O–H groups in total. The van der Waals surface area contributed by atoms with Crippen molar-refractivity contribution in [3.05, 3.63) is 0 Å². The maximum Gasteiger partial charge on any atom is 0.0620 e. The van der Waals surface area contributed by atoms with Gasteiger partial charge >= 0.3 is 0 Å². The first-order valence-electron chi connectivity index (χ1n) is 6.07. The third kappa shape index (κ3) is 3.97. The Labute approximate surface area is 88.2 Å². The quantitative estimate of drug-likeness (QED) is 0.691. The average Bonchev–Trinajstić information content (AvgIpc) is 2.19. The van der Waals surface area contributed by atoms with Crippen molar-refractivity contribution >= 4 is 0 Å². The van der Waals surface area contributed by atoms with Crippen molar-refractivity contribution in [1.82, 2.24) is 0 Å². The molecule has 0 aromatic heterocycles. The highest BCUT2D eigenvalue weighted by Crippen LogP contribution is 2.29. The molecular formula is C12H25NO. The van der Waals surface area contributed by atoms with Gasteiger partial charge in [0.1, 0.15) is 0 Å². The van der Waals surface area contributed by atoms with E-state index in [1.54, 1.807) is 0 Å². The molecule has 0 aromatic carbocycles. The lowest BCUT2D eigenvalue weighted by atomic mass is 9.80.